The number of carbonyl (C=O) groups excluding carboxylic acids is 1. The molecular formula is C19H25Cl2N5OS. The lowest BCUT2D eigenvalue weighted by molar-refractivity contribution is 0.0935. The minimum Gasteiger partial charge on any atom is -0.348 e. The summed E-state index contributed by atoms with van der Waals surface area (Å²) in [5, 5.41) is 10.4. The number of amides is 1. The molecule has 3 N–H and O–H groups in total. The zero-order valence-electron chi connectivity index (χ0n) is 15.8. The molecule has 1 unspecified atom stereocenters. The smallest absolute Gasteiger partial charge is 0.252 e. The van der Waals surface area contributed by atoms with Crippen molar-refractivity contribution in [2.75, 3.05) is 6.54 Å². The maximum atomic E-state index is 13.0. The van der Waals surface area contributed by atoms with Crippen molar-refractivity contribution in [2.24, 2.45) is 11.7 Å². The lowest BCUT2D eigenvalue weighted by Gasteiger charge is -2.17. The normalized spacial score (nSPS) is 14.4. The van der Waals surface area contributed by atoms with Crippen LogP contribution < -0.4 is 11.1 Å². The summed E-state index contributed by atoms with van der Waals surface area (Å²) < 4.78 is 1.87. The Morgan fingerprint density at radius 3 is 2.71 bits per heavy atom. The van der Waals surface area contributed by atoms with Crippen LogP contribution in [-0.4, -0.2) is 33.3 Å². The van der Waals surface area contributed by atoms with Crippen molar-refractivity contribution in [3.8, 4) is 10.6 Å². The SMILES string of the molecule is CC(C)n1ncc2c(C(=O)NC(CN)C3CC3)cc(-c3cccs3)nc21.Cl.Cl. The molecule has 3 aromatic rings. The van der Waals surface area contributed by atoms with Gasteiger partial charge in [-0.1, -0.05) is 6.07 Å². The van der Waals surface area contributed by atoms with E-state index in [1.807, 2.05) is 28.3 Å². The number of thiophene rings is 1. The minimum atomic E-state index is -0.0964. The standard InChI is InChI=1S/C19H23N5OS.2ClH/c1-11(2)24-18-14(10-21-24)13(8-15(22-18)17-4-3-7-26-17)19(25)23-16(9-20)12-5-6-12;;/h3-4,7-8,10-12,16H,5-6,9,20H2,1-2H3,(H,23,25);2*1H. The van der Waals surface area contributed by atoms with E-state index in [1.165, 1.54) is 0 Å². The summed E-state index contributed by atoms with van der Waals surface area (Å²) in [5.41, 5.74) is 8.02. The van der Waals surface area contributed by atoms with Gasteiger partial charge in [0.05, 0.1) is 27.7 Å². The average Bonchev–Trinajstić information content (AvgIpc) is 3.15. The van der Waals surface area contributed by atoms with Crippen LogP contribution in [-0.2, 0) is 0 Å². The van der Waals surface area contributed by atoms with Crippen molar-refractivity contribution < 1.29 is 4.79 Å². The first kappa shape index (κ1) is 22.6. The molecule has 0 aromatic carbocycles. The molecule has 1 atom stereocenters. The van der Waals surface area contributed by atoms with Crippen molar-refractivity contribution >= 4 is 53.1 Å². The molecule has 9 heteroatoms. The number of aromatic nitrogens is 3. The fourth-order valence-electron chi connectivity index (χ4n) is 3.25. The van der Waals surface area contributed by atoms with Crippen LogP contribution in [0.2, 0.25) is 0 Å². The maximum absolute atomic E-state index is 13.0. The summed E-state index contributed by atoms with van der Waals surface area (Å²) >= 11 is 1.61. The highest BCUT2D eigenvalue weighted by molar-refractivity contribution is 7.13. The quantitative estimate of drug-likeness (QED) is 0.603. The Bertz CT molecular complexity index is 937. The highest BCUT2D eigenvalue weighted by Crippen LogP contribution is 2.33. The summed E-state index contributed by atoms with van der Waals surface area (Å²) in [6, 6.07) is 6.08. The molecule has 0 saturated heterocycles. The van der Waals surface area contributed by atoms with Crippen LogP contribution in [0, 0.1) is 5.92 Å². The Kier molecular flexibility index (Phi) is 7.45. The fourth-order valence-corrected chi connectivity index (χ4v) is 3.93. The summed E-state index contributed by atoms with van der Waals surface area (Å²) in [7, 11) is 0. The first-order valence-corrected chi connectivity index (χ1v) is 9.89. The van der Waals surface area contributed by atoms with Gasteiger partial charge in [-0.15, -0.1) is 36.2 Å². The molecule has 3 heterocycles. The Balaban J connectivity index is 0.00000140. The summed E-state index contributed by atoms with van der Waals surface area (Å²) in [4.78, 5) is 18.9. The van der Waals surface area contributed by atoms with Gasteiger partial charge in [-0.25, -0.2) is 9.67 Å². The second-order valence-electron chi connectivity index (χ2n) is 7.11. The number of nitrogens with zero attached hydrogens (tertiary/aromatic N) is 3. The zero-order chi connectivity index (χ0) is 18.3. The van der Waals surface area contributed by atoms with Gasteiger partial charge in [0.1, 0.15) is 0 Å². The van der Waals surface area contributed by atoms with Crippen LogP contribution in [0.1, 0.15) is 43.1 Å². The average molecular weight is 442 g/mol. The van der Waals surface area contributed by atoms with E-state index in [9.17, 15) is 4.79 Å². The molecule has 0 bridgehead atoms. The predicted molar refractivity (Wildman–Crippen MR) is 119 cm³/mol. The third kappa shape index (κ3) is 4.33. The highest BCUT2D eigenvalue weighted by Gasteiger charge is 2.32. The van der Waals surface area contributed by atoms with Gasteiger partial charge in [0.15, 0.2) is 5.65 Å². The van der Waals surface area contributed by atoms with Crippen molar-refractivity contribution in [3.63, 3.8) is 0 Å². The van der Waals surface area contributed by atoms with Crippen LogP contribution in [0.5, 0.6) is 0 Å². The van der Waals surface area contributed by atoms with Crippen molar-refractivity contribution in [3.05, 3.63) is 35.3 Å². The second-order valence-corrected chi connectivity index (χ2v) is 8.05. The first-order valence-electron chi connectivity index (χ1n) is 9.01. The number of nitrogens with two attached hydrogens (primary N) is 1. The van der Waals surface area contributed by atoms with Crippen LogP contribution in [0.25, 0.3) is 21.6 Å². The van der Waals surface area contributed by atoms with Crippen molar-refractivity contribution in [1.29, 1.82) is 0 Å². The van der Waals surface area contributed by atoms with E-state index in [0.717, 1.165) is 34.4 Å². The summed E-state index contributed by atoms with van der Waals surface area (Å²) in [6.07, 6.45) is 4.02. The molecular weight excluding hydrogens is 417 g/mol. The number of fused-ring (bicyclic) bond motifs is 1. The van der Waals surface area contributed by atoms with Gasteiger partial charge in [-0.3, -0.25) is 4.79 Å². The van der Waals surface area contributed by atoms with Gasteiger partial charge in [-0.2, -0.15) is 5.10 Å². The fraction of sp³-hybridized carbons (Fsp3) is 0.421. The van der Waals surface area contributed by atoms with Crippen molar-refractivity contribution in [1.82, 2.24) is 20.1 Å². The second kappa shape index (κ2) is 9.22. The zero-order valence-corrected chi connectivity index (χ0v) is 18.2. The van der Waals surface area contributed by atoms with Crippen LogP contribution in [0.4, 0.5) is 0 Å². The number of carbonyl (C=O) groups is 1. The molecule has 28 heavy (non-hydrogen) atoms. The molecule has 1 aliphatic rings. The van der Waals surface area contributed by atoms with Crippen LogP contribution in [0.15, 0.2) is 29.8 Å². The maximum Gasteiger partial charge on any atom is 0.252 e. The molecule has 0 aliphatic heterocycles. The number of rotatable bonds is 6. The van der Waals surface area contributed by atoms with E-state index in [4.69, 9.17) is 10.7 Å². The van der Waals surface area contributed by atoms with Crippen LogP contribution >= 0.6 is 36.2 Å². The van der Waals surface area contributed by atoms with E-state index in [-0.39, 0.29) is 42.8 Å². The van der Waals surface area contributed by atoms with Gasteiger partial charge in [0.25, 0.3) is 5.91 Å². The van der Waals surface area contributed by atoms with Crippen LogP contribution in [0.3, 0.4) is 0 Å². The number of pyridine rings is 1. The van der Waals surface area contributed by atoms with Crippen molar-refractivity contribution in [2.45, 2.75) is 38.8 Å². The van der Waals surface area contributed by atoms with Gasteiger partial charge < -0.3 is 11.1 Å². The van der Waals surface area contributed by atoms with Gasteiger partial charge >= 0.3 is 0 Å². The molecule has 1 fully saturated rings. The number of halogens is 2. The number of nitrogens with one attached hydrogen (secondary N) is 1. The monoisotopic (exact) mass is 441 g/mol. The van der Waals surface area contributed by atoms with Gasteiger partial charge in [0.2, 0.25) is 0 Å². The minimum absolute atomic E-state index is 0. The molecule has 1 amide bonds. The van der Waals surface area contributed by atoms with Gasteiger partial charge in [0, 0.05) is 18.6 Å². The third-order valence-corrected chi connectivity index (χ3v) is 5.73. The lowest BCUT2D eigenvalue weighted by Crippen LogP contribution is -2.41. The highest BCUT2D eigenvalue weighted by atomic mass is 35.5. The van der Waals surface area contributed by atoms with E-state index in [1.54, 1.807) is 17.5 Å². The molecule has 0 spiro atoms. The van der Waals surface area contributed by atoms with E-state index < -0.39 is 0 Å². The lowest BCUT2D eigenvalue weighted by atomic mass is 10.1. The molecule has 0 radical (unpaired) electrons. The molecule has 3 aromatic heterocycles. The Morgan fingerprint density at radius 1 is 1.39 bits per heavy atom. The summed E-state index contributed by atoms with van der Waals surface area (Å²) in [6.45, 7) is 4.58. The Labute approximate surface area is 180 Å². The Morgan fingerprint density at radius 2 is 2.14 bits per heavy atom. The van der Waals surface area contributed by atoms with E-state index in [0.29, 0.717) is 18.0 Å². The summed E-state index contributed by atoms with van der Waals surface area (Å²) in [5.74, 6) is 0.414. The molecule has 1 saturated carbocycles. The molecule has 6 nitrogen and oxygen atoms in total. The molecule has 152 valence electrons. The van der Waals surface area contributed by atoms with E-state index in [2.05, 4.69) is 24.3 Å². The Hall–Kier alpha value is -1.67. The molecule has 4 rings (SSSR count). The first-order chi connectivity index (χ1) is 12.6. The number of hydrogen-bond acceptors (Lipinski definition) is 5. The van der Waals surface area contributed by atoms with E-state index >= 15 is 0 Å². The number of hydrogen-bond donors (Lipinski definition) is 2. The molecule has 1 aliphatic carbocycles. The van der Waals surface area contributed by atoms with Gasteiger partial charge in [-0.05, 0) is 50.1 Å². The predicted octanol–water partition coefficient (Wildman–Crippen LogP) is 4.05. The largest absolute Gasteiger partial charge is 0.348 e. The third-order valence-electron chi connectivity index (χ3n) is 4.84. The topological polar surface area (TPSA) is 85.8 Å².